The number of fused-ring (bicyclic) bond motifs is 1. The maximum atomic E-state index is 10.5. The molecule has 0 spiro atoms. The number of aromatic amines is 1. The lowest BCUT2D eigenvalue weighted by atomic mass is 10.1. The van der Waals surface area contributed by atoms with Gasteiger partial charge in [0, 0.05) is 22.3 Å². The third-order valence-corrected chi connectivity index (χ3v) is 4.48. The summed E-state index contributed by atoms with van der Waals surface area (Å²) in [5.74, 6) is 1.58. The van der Waals surface area contributed by atoms with Crippen molar-refractivity contribution >= 4 is 34.3 Å². The Labute approximate surface area is 121 Å². The smallest absolute Gasteiger partial charge is 0.110 e. The number of aliphatic hydroxyl groups is 1. The van der Waals surface area contributed by atoms with Gasteiger partial charge < -0.3 is 10.1 Å². The maximum absolute atomic E-state index is 10.5. The molecule has 1 aromatic heterocycles. The van der Waals surface area contributed by atoms with Crippen LogP contribution >= 0.6 is 23.4 Å². The molecule has 2 aromatic rings. The molecule has 1 atom stereocenters. The lowest BCUT2D eigenvalue weighted by molar-refractivity contribution is 0.0800. The SMILES string of the molecule is CCSCC(C)(O)c1cc2cc(C#N)c(Cl)cc2[nH]1. The van der Waals surface area contributed by atoms with Crippen molar-refractivity contribution in [3.8, 4) is 6.07 Å². The van der Waals surface area contributed by atoms with E-state index in [-0.39, 0.29) is 0 Å². The molecule has 19 heavy (non-hydrogen) atoms. The molecule has 1 aromatic carbocycles. The molecule has 0 bridgehead atoms. The van der Waals surface area contributed by atoms with Crippen LogP contribution in [0.2, 0.25) is 5.02 Å². The summed E-state index contributed by atoms with van der Waals surface area (Å²) in [4.78, 5) is 3.18. The van der Waals surface area contributed by atoms with Crippen LogP contribution in [0.3, 0.4) is 0 Å². The van der Waals surface area contributed by atoms with E-state index in [0.717, 1.165) is 22.3 Å². The highest BCUT2D eigenvalue weighted by Gasteiger charge is 2.25. The van der Waals surface area contributed by atoms with Crippen LogP contribution in [0.15, 0.2) is 18.2 Å². The normalized spacial score (nSPS) is 14.3. The summed E-state index contributed by atoms with van der Waals surface area (Å²) in [6.07, 6.45) is 0. The summed E-state index contributed by atoms with van der Waals surface area (Å²) >= 11 is 7.68. The van der Waals surface area contributed by atoms with Crippen molar-refractivity contribution in [3.63, 3.8) is 0 Å². The van der Waals surface area contributed by atoms with Gasteiger partial charge in [-0.1, -0.05) is 18.5 Å². The number of H-pyrrole nitrogens is 1. The van der Waals surface area contributed by atoms with Gasteiger partial charge in [0.15, 0.2) is 0 Å². The Hall–Kier alpha value is -1.15. The van der Waals surface area contributed by atoms with Gasteiger partial charge in [0.25, 0.3) is 0 Å². The zero-order chi connectivity index (χ0) is 14.0. The van der Waals surface area contributed by atoms with Crippen molar-refractivity contribution in [1.29, 1.82) is 5.26 Å². The molecule has 100 valence electrons. The highest BCUT2D eigenvalue weighted by molar-refractivity contribution is 7.99. The molecule has 5 heteroatoms. The van der Waals surface area contributed by atoms with E-state index in [9.17, 15) is 5.11 Å². The van der Waals surface area contributed by atoms with E-state index in [1.165, 1.54) is 0 Å². The van der Waals surface area contributed by atoms with Crippen LogP contribution in [0, 0.1) is 11.3 Å². The molecule has 0 radical (unpaired) electrons. The fourth-order valence-corrected chi connectivity index (χ4v) is 2.87. The maximum Gasteiger partial charge on any atom is 0.110 e. The molecule has 0 amide bonds. The van der Waals surface area contributed by atoms with Gasteiger partial charge in [-0.05, 0) is 30.9 Å². The second-order valence-corrected chi connectivity index (χ2v) is 6.31. The molecule has 0 aliphatic carbocycles. The molecule has 2 N–H and O–H groups in total. The second-order valence-electron chi connectivity index (χ2n) is 4.63. The number of hydrogen-bond acceptors (Lipinski definition) is 3. The van der Waals surface area contributed by atoms with Crippen molar-refractivity contribution < 1.29 is 5.11 Å². The number of nitrogens with one attached hydrogen (secondary N) is 1. The van der Waals surface area contributed by atoms with Crippen molar-refractivity contribution in [2.75, 3.05) is 11.5 Å². The summed E-state index contributed by atoms with van der Waals surface area (Å²) in [6, 6.07) is 7.40. The van der Waals surface area contributed by atoms with Gasteiger partial charge in [0.1, 0.15) is 11.7 Å². The Morgan fingerprint density at radius 3 is 2.84 bits per heavy atom. The topological polar surface area (TPSA) is 59.8 Å². The number of benzene rings is 1. The van der Waals surface area contributed by atoms with Gasteiger partial charge in [-0.15, -0.1) is 0 Å². The van der Waals surface area contributed by atoms with Gasteiger partial charge in [0.05, 0.1) is 10.6 Å². The number of rotatable bonds is 4. The molecule has 1 unspecified atom stereocenters. The lowest BCUT2D eigenvalue weighted by Gasteiger charge is -2.21. The van der Waals surface area contributed by atoms with Gasteiger partial charge in [-0.3, -0.25) is 0 Å². The zero-order valence-corrected chi connectivity index (χ0v) is 12.4. The van der Waals surface area contributed by atoms with E-state index in [0.29, 0.717) is 16.3 Å². The fraction of sp³-hybridized carbons (Fsp3) is 0.357. The summed E-state index contributed by atoms with van der Waals surface area (Å²) in [6.45, 7) is 3.85. The van der Waals surface area contributed by atoms with Crippen molar-refractivity contribution in [2.45, 2.75) is 19.4 Å². The first-order valence-corrected chi connectivity index (χ1v) is 7.54. The Kier molecular flexibility index (Phi) is 4.10. The predicted molar refractivity (Wildman–Crippen MR) is 80.6 cm³/mol. The molecule has 0 saturated heterocycles. The average molecular weight is 295 g/mol. The van der Waals surface area contributed by atoms with Crippen LogP contribution in [0.5, 0.6) is 0 Å². The minimum atomic E-state index is -0.918. The third kappa shape index (κ3) is 2.89. The predicted octanol–water partition coefficient (Wildman–Crippen LogP) is 3.65. The molecule has 0 fully saturated rings. The number of hydrogen-bond donors (Lipinski definition) is 2. The number of halogens is 1. The third-order valence-electron chi connectivity index (χ3n) is 3.00. The first kappa shape index (κ1) is 14.3. The van der Waals surface area contributed by atoms with E-state index in [1.807, 2.05) is 6.07 Å². The highest BCUT2D eigenvalue weighted by Crippen LogP contribution is 2.30. The summed E-state index contributed by atoms with van der Waals surface area (Å²) in [5, 5.41) is 20.7. The average Bonchev–Trinajstić information content (AvgIpc) is 2.78. The largest absolute Gasteiger partial charge is 0.383 e. The Morgan fingerprint density at radius 1 is 1.47 bits per heavy atom. The van der Waals surface area contributed by atoms with E-state index in [2.05, 4.69) is 18.0 Å². The summed E-state index contributed by atoms with van der Waals surface area (Å²) in [7, 11) is 0. The Balaban J connectivity index is 2.44. The Bertz CT molecular complexity index is 643. The molecule has 1 heterocycles. The van der Waals surface area contributed by atoms with E-state index in [4.69, 9.17) is 16.9 Å². The highest BCUT2D eigenvalue weighted by atomic mass is 35.5. The second kappa shape index (κ2) is 5.46. The quantitative estimate of drug-likeness (QED) is 0.905. The van der Waals surface area contributed by atoms with E-state index in [1.54, 1.807) is 30.8 Å². The van der Waals surface area contributed by atoms with Crippen molar-refractivity contribution in [1.82, 2.24) is 4.98 Å². The molecule has 0 aliphatic heterocycles. The summed E-state index contributed by atoms with van der Waals surface area (Å²) < 4.78 is 0. The van der Waals surface area contributed by atoms with Gasteiger partial charge in [-0.2, -0.15) is 17.0 Å². The van der Waals surface area contributed by atoms with Crippen LogP contribution in [0.1, 0.15) is 25.1 Å². The van der Waals surface area contributed by atoms with E-state index < -0.39 is 5.60 Å². The van der Waals surface area contributed by atoms with Crippen LogP contribution in [0.4, 0.5) is 0 Å². The standard InChI is InChI=1S/C14H15ClN2OS/c1-3-19-8-14(2,18)13-5-9-4-10(7-16)11(15)6-12(9)17-13/h4-6,17-18H,3,8H2,1-2H3. The first-order chi connectivity index (χ1) is 8.97. The van der Waals surface area contributed by atoms with Crippen LogP contribution in [0.25, 0.3) is 10.9 Å². The molecule has 2 rings (SSSR count). The minimum absolute atomic E-state index is 0.422. The van der Waals surface area contributed by atoms with Crippen molar-refractivity contribution in [3.05, 3.63) is 34.5 Å². The van der Waals surface area contributed by atoms with Gasteiger partial charge >= 0.3 is 0 Å². The monoisotopic (exact) mass is 294 g/mol. The molecular formula is C14H15ClN2OS. The molecular weight excluding hydrogens is 280 g/mol. The number of nitrogens with zero attached hydrogens (tertiary/aromatic N) is 1. The number of thioether (sulfide) groups is 1. The number of nitriles is 1. The summed E-state index contributed by atoms with van der Waals surface area (Å²) in [5.41, 5.74) is 1.11. The minimum Gasteiger partial charge on any atom is -0.383 e. The van der Waals surface area contributed by atoms with E-state index >= 15 is 0 Å². The zero-order valence-electron chi connectivity index (χ0n) is 10.8. The fourth-order valence-electron chi connectivity index (χ4n) is 1.91. The lowest BCUT2D eigenvalue weighted by Crippen LogP contribution is -2.24. The Morgan fingerprint density at radius 2 is 2.21 bits per heavy atom. The van der Waals surface area contributed by atoms with Gasteiger partial charge in [-0.25, -0.2) is 0 Å². The van der Waals surface area contributed by atoms with Crippen LogP contribution < -0.4 is 0 Å². The van der Waals surface area contributed by atoms with Crippen LogP contribution in [-0.2, 0) is 5.60 Å². The molecule has 0 aliphatic rings. The van der Waals surface area contributed by atoms with Crippen LogP contribution in [-0.4, -0.2) is 21.6 Å². The number of aromatic nitrogens is 1. The first-order valence-electron chi connectivity index (χ1n) is 6.01. The molecule has 0 saturated carbocycles. The van der Waals surface area contributed by atoms with Gasteiger partial charge in [0.2, 0.25) is 0 Å². The molecule has 3 nitrogen and oxygen atoms in total. The van der Waals surface area contributed by atoms with Crippen molar-refractivity contribution in [2.24, 2.45) is 0 Å².